The first kappa shape index (κ1) is 20.1. The van der Waals surface area contributed by atoms with Crippen molar-refractivity contribution in [3.05, 3.63) is 58.1 Å². The number of piperidine rings is 1. The molecule has 8 heteroatoms. The first-order chi connectivity index (χ1) is 12.8. The third-order valence-corrected chi connectivity index (χ3v) is 7.52. The number of hydrogen-bond donors (Lipinski definition) is 1. The normalized spacial score (nSPS) is 16.3. The molecule has 1 saturated heterocycles. The number of nitrogens with zero attached hydrogens (tertiary/aromatic N) is 1. The smallest absolute Gasteiger partial charge is 0.246 e. The Labute approximate surface area is 169 Å². The predicted molar refractivity (Wildman–Crippen MR) is 108 cm³/mol. The molecular formula is C19H20Cl2N2O3S. The molecule has 0 aliphatic carbocycles. The van der Waals surface area contributed by atoms with Gasteiger partial charge >= 0.3 is 0 Å². The molecule has 0 radical (unpaired) electrons. The number of carbonyl (C=O) groups is 1. The van der Waals surface area contributed by atoms with Crippen molar-refractivity contribution in [2.24, 2.45) is 5.92 Å². The number of aryl methyl sites for hydroxylation is 1. The van der Waals surface area contributed by atoms with Crippen LogP contribution in [-0.4, -0.2) is 31.7 Å². The topological polar surface area (TPSA) is 66.5 Å². The molecule has 0 spiro atoms. The van der Waals surface area contributed by atoms with Crippen molar-refractivity contribution in [2.45, 2.75) is 24.7 Å². The van der Waals surface area contributed by atoms with Crippen molar-refractivity contribution >= 4 is 44.8 Å². The maximum atomic E-state index is 12.9. The minimum atomic E-state index is -3.80. The zero-order valence-corrected chi connectivity index (χ0v) is 17.1. The number of hydrogen-bond acceptors (Lipinski definition) is 3. The van der Waals surface area contributed by atoms with Gasteiger partial charge in [0.05, 0.1) is 10.0 Å². The monoisotopic (exact) mass is 426 g/mol. The summed E-state index contributed by atoms with van der Waals surface area (Å²) < 4.78 is 27.1. The number of nitrogens with one attached hydrogen (secondary N) is 1. The molecule has 2 aromatic carbocycles. The van der Waals surface area contributed by atoms with Crippen LogP contribution < -0.4 is 5.32 Å². The van der Waals surface area contributed by atoms with Crippen LogP contribution in [0.15, 0.2) is 47.4 Å². The third kappa shape index (κ3) is 4.46. The maximum absolute atomic E-state index is 12.9. The Hall–Kier alpha value is -1.60. The van der Waals surface area contributed by atoms with E-state index >= 15 is 0 Å². The molecule has 0 saturated carbocycles. The van der Waals surface area contributed by atoms with Crippen LogP contribution in [-0.2, 0) is 14.8 Å². The van der Waals surface area contributed by atoms with Crippen LogP contribution in [0.2, 0.25) is 10.0 Å². The Morgan fingerprint density at radius 1 is 1.04 bits per heavy atom. The highest BCUT2D eigenvalue weighted by molar-refractivity contribution is 7.89. The van der Waals surface area contributed by atoms with E-state index in [-0.39, 0.29) is 39.9 Å². The Kier molecular flexibility index (Phi) is 6.11. The minimum absolute atomic E-state index is 0.0732. The first-order valence-corrected chi connectivity index (χ1v) is 10.8. The number of halogens is 2. The predicted octanol–water partition coefficient (Wildman–Crippen LogP) is 4.34. The van der Waals surface area contributed by atoms with Crippen molar-refractivity contribution in [1.82, 2.24) is 4.31 Å². The van der Waals surface area contributed by atoms with Crippen molar-refractivity contribution < 1.29 is 13.2 Å². The van der Waals surface area contributed by atoms with E-state index < -0.39 is 10.0 Å². The number of benzene rings is 2. The fourth-order valence-electron chi connectivity index (χ4n) is 3.10. The molecule has 27 heavy (non-hydrogen) atoms. The third-order valence-electron chi connectivity index (χ3n) is 4.66. The van der Waals surface area contributed by atoms with E-state index in [1.165, 1.54) is 16.4 Å². The molecule has 1 N–H and O–H groups in total. The molecule has 5 nitrogen and oxygen atoms in total. The summed E-state index contributed by atoms with van der Waals surface area (Å²) in [6, 6.07) is 12.2. The standard InChI is InChI=1S/C19H20Cl2N2O3S/c1-13-5-7-15(8-6-13)22-19(24)14-9-11-23(12-10-14)27(25,26)18-16(20)3-2-4-17(18)21/h2-8,14H,9-12H2,1H3,(H,22,24). The molecule has 0 unspecified atom stereocenters. The Bertz CT molecular complexity index is 918. The average Bonchev–Trinajstić information content (AvgIpc) is 2.63. The second-order valence-corrected chi connectivity index (χ2v) is 9.27. The van der Waals surface area contributed by atoms with E-state index in [9.17, 15) is 13.2 Å². The van der Waals surface area contributed by atoms with Crippen LogP contribution >= 0.6 is 23.2 Å². The average molecular weight is 427 g/mol. The molecule has 0 aromatic heterocycles. The lowest BCUT2D eigenvalue weighted by molar-refractivity contribution is -0.120. The van der Waals surface area contributed by atoms with Crippen LogP contribution in [0, 0.1) is 12.8 Å². The van der Waals surface area contributed by atoms with Crippen molar-refractivity contribution in [2.75, 3.05) is 18.4 Å². The minimum Gasteiger partial charge on any atom is -0.326 e. The fourth-order valence-corrected chi connectivity index (χ4v) is 5.66. The lowest BCUT2D eigenvalue weighted by Crippen LogP contribution is -2.41. The van der Waals surface area contributed by atoms with Crippen LogP contribution in [0.3, 0.4) is 0 Å². The summed E-state index contributed by atoms with van der Waals surface area (Å²) in [6.07, 6.45) is 0.887. The van der Waals surface area contributed by atoms with E-state index in [4.69, 9.17) is 23.2 Å². The van der Waals surface area contributed by atoms with Gasteiger partial charge in [0.2, 0.25) is 15.9 Å². The maximum Gasteiger partial charge on any atom is 0.246 e. The lowest BCUT2D eigenvalue weighted by atomic mass is 9.97. The summed E-state index contributed by atoms with van der Waals surface area (Å²) in [5.74, 6) is -0.328. The summed E-state index contributed by atoms with van der Waals surface area (Å²) in [5.41, 5.74) is 1.85. The van der Waals surface area contributed by atoms with Crippen LogP contribution in [0.1, 0.15) is 18.4 Å². The van der Waals surface area contributed by atoms with Crippen LogP contribution in [0.5, 0.6) is 0 Å². The Balaban J connectivity index is 1.66. The number of anilines is 1. The van der Waals surface area contributed by atoms with Gasteiger partial charge in [-0.2, -0.15) is 4.31 Å². The quantitative estimate of drug-likeness (QED) is 0.790. The van der Waals surface area contributed by atoms with E-state index in [0.29, 0.717) is 12.8 Å². The highest BCUT2D eigenvalue weighted by Gasteiger charge is 2.34. The lowest BCUT2D eigenvalue weighted by Gasteiger charge is -2.31. The molecule has 1 aliphatic rings. The zero-order valence-electron chi connectivity index (χ0n) is 14.8. The largest absolute Gasteiger partial charge is 0.326 e. The summed E-state index contributed by atoms with van der Waals surface area (Å²) in [6.45, 7) is 2.47. The van der Waals surface area contributed by atoms with Crippen molar-refractivity contribution in [1.29, 1.82) is 0 Å². The van der Waals surface area contributed by atoms with Gasteiger partial charge in [0.25, 0.3) is 0 Å². The summed E-state index contributed by atoms with van der Waals surface area (Å²) in [5, 5.41) is 3.09. The van der Waals surface area contributed by atoms with Gasteiger partial charge in [-0.05, 0) is 44.0 Å². The van der Waals surface area contributed by atoms with Gasteiger partial charge in [0.1, 0.15) is 4.90 Å². The Morgan fingerprint density at radius 3 is 2.15 bits per heavy atom. The summed E-state index contributed by atoms with van der Waals surface area (Å²) >= 11 is 12.1. The van der Waals surface area contributed by atoms with Gasteiger partial charge in [-0.3, -0.25) is 4.79 Å². The van der Waals surface area contributed by atoms with Gasteiger partial charge in [0.15, 0.2) is 0 Å². The van der Waals surface area contributed by atoms with Crippen LogP contribution in [0.4, 0.5) is 5.69 Å². The summed E-state index contributed by atoms with van der Waals surface area (Å²) in [7, 11) is -3.80. The molecule has 3 rings (SSSR count). The van der Waals surface area contributed by atoms with E-state index in [1.54, 1.807) is 6.07 Å². The molecule has 1 heterocycles. The number of amides is 1. The van der Waals surface area contributed by atoms with Crippen molar-refractivity contribution in [3.63, 3.8) is 0 Å². The highest BCUT2D eigenvalue weighted by atomic mass is 35.5. The Morgan fingerprint density at radius 2 is 1.59 bits per heavy atom. The van der Waals surface area contributed by atoms with Crippen molar-refractivity contribution in [3.8, 4) is 0 Å². The van der Waals surface area contributed by atoms with Gasteiger partial charge in [0, 0.05) is 24.7 Å². The number of carbonyl (C=O) groups excluding carboxylic acids is 1. The molecule has 0 atom stereocenters. The highest BCUT2D eigenvalue weighted by Crippen LogP contribution is 2.33. The summed E-state index contributed by atoms with van der Waals surface area (Å²) in [4.78, 5) is 12.4. The molecule has 1 fully saturated rings. The molecule has 1 amide bonds. The fraction of sp³-hybridized carbons (Fsp3) is 0.316. The zero-order chi connectivity index (χ0) is 19.6. The van der Waals surface area contributed by atoms with Crippen LogP contribution in [0.25, 0.3) is 0 Å². The SMILES string of the molecule is Cc1ccc(NC(=O)C2CCN(S(=O)(=O)c3c(Cl)cccc3Cl)CC2)cc1. The van der Waals surface area contributed by atoms with E-state index in [2.05, 4.69) is 5.32 Å². The molecule has 1 aliphatic heterocycles. The van der Waals surface area contributed by atoms with Gasteiger partial charge in [-0.15, -0.1) is 0 Å². The second-order valence-electron chi connectivity index (χ2n) is 6.58. The molecule has 0 bridgehead atoms. The second kappa shape index (κ2) is 8.19. The molecule has 144 valence electrons. The number of rotatable bonds is 4. The van der Waals surface area contributed by atoms with Gasteiger partial charge in [-0.1, -0.05) is 47.0 Å². The number of sulfonamides is 1. The first-order valence-electron chi connectivity index (χ1n) is 8.61. The van der Waals surface area contributed by atoms with Gasteiger partial charge in [-0.25, -0.2) is 8.42 Å². The molecule has 2 aromatic rings. The van der Waals surface area contributed by atoms with E-state index in [0.717, 1.165) is 11.3 Å². The molecular weight excluding hydrogens is 407 g/mol. The van der Waals surface area contributed by atoms with E-state index in [1.807, 2.05) is 31.2 Å². The van der Waals surface area contributed by atoms with Gasteiger partial charge < -0.3 is 5.32 Å².